The number of phenolic OH excluding ortho intramolecular Hbond substituents is 2. The smallest absolute Gasteiger partial charge is 0.342 e. The topological polar surface area (TPSA) is 385 Å². The van der Waals surface area contributed by atoms with Gasteiger partial charge >= 0.3 is 23.9 Å². The summed E-state index contributed by atoms with van der Waals surface area (Å²) in [6.07, 6.45) is -16.0. The average Bonchev–Trinajstić information content (AvgIpc) is 3.91. The van der Waals surface area contributed by atoms with E-state index in [2.05, 4.69) is 0 Å². The van der Waals surface area contributed by atoms with Gasteiger partial charge in [0.05, 0.1) is 50.1 Å². The van der Waals surface area contributed by atoms with Crippen molar-refractivity contribution in [2.45, 2.75) is 99.7 Å². The molecule has 4 heterocycles. The maximum absolute atomic E-state index is 13.3. The van der Waals surface area contributed by atoms with Crippen LogP contribution >= 0.6 is 0 Å². The van der Waals surface area contributed by atoms with Crippen LogP contribution in [0.1, 0.15) is 46.4 Å². The maximum Gasteiger partial charge on any atom is 0.342 e. The molecular weight excluding hydrogens is 864 g/mol. The van der Waals surface area contributed by atoms with Crippen molar-refractivity contribution in [3.05, 3.63) is 46.9 Å². The third kappa shape index (κ3) is 9.10. The molecule has 0 radical (unpaired) electrons. The number of esters is 2. The number of fused-ring (bicyclic) bond motifs is 2. The Labute approximate surface area is 362 Å². The second-order valence-corrected chi connectivity index (χ2v) is 16.6. The number of phenols is 2. The van der Waals surface area contributed by atoms with Crippen molar-refractivity contribution >= 4 is 23.9 Å². The van der Waals surface area contributed by atoms with Crippen LogP contribution in [0.3, 0.4) is 0 Å². The Morgan fingerprint density at radius 3 is 1.27 bits per heavy atom. The highest BCUT2D eigenvalue weighted by atomic mass is 16.8. The number of hydrogen-bond donors (Lipinski definition) is 12. The third-order valence-corrected chi connectivity index (χ3v) is 12.9. The van der Waals surface area contributed by atoms with Crippen LogP contribution in [0.2, 0.25) is 0 Å². The standard InChI is InChI=1S/C40H50O24/c41-7-23-27(45)29(47)31(49)39(61-23)63-37-25-13(1-3-15(25)19(11-59-37)33(51)52)9-57-35(55)17-5-22(44)18(6-21(17)43)36(56)58-10-14-2-4-16-20(34(53)54)12-60-38(26(14)16)64-40-32(50)30(48)28(46)24(8-42)62-40/h5-6,11-16,23-32,37-50H,1-4,7-10H2,(H,51,52)(H,53,54)/t13-,14-,15-,16-,23+,24+,25-,26-,27+,28+,29-,30-,31+,32+,37+,38+,39-,40-/m0/s1. The van der Waals surface area contributed by atoms with Gasteiger partial charge in [-0.15, -0.1) is 0 Å². The molecule has 4 aliphatic heterocycles. The van der Waals surface area contributed by atoms with E-state index < -0.39 is 182 Å². The van der Waals surface area contributed by atoms with Crippen molar-refractivity contribution in [3.63, 3.8) is 0 Å². The number of carbonyl (C=O) groups excluding carboxylic acids is 2. The van der Waals surface area contributed by atoms with Crippen molar-refractivity contribution in [2.75, 3.05) is 26.4 Å². The number of aliphatic hydroxyl groups excluding tert-OH is 8. The first kappa shape index (κ1) is 47.3. The van der Waals surface area contributed by atoms with Gasteiger partial charge in [-0.05, 0) is 37.8 Å². The fourth-order valence-electron chi connectivity index (χ4n) is 9.50. The fourth-order valence-corrected chi connectivity index (χ4v) is 9.50. The molecule has 2 aliphatic carbocycles. The molecule has 0 amide bonds. The van der Waals surface area contributed by atoms with E-state index in [1.807, 2.05) is 0 Å². The zero-order valence-corrected chi connectivity index (χ0v) is 33.6. The van der Waals surface area contributed by atoms with Gasteiger partial charge in [0.1, 0.15) is 71.5 Å². The number of aromatic hydroxyl groups is 2. The first-order valence-corrected chi connectivity index (χ1v) is 20.4. The molecule has 24 nitrogen and oxygen atoms in total. The Balaban J connectivity index is 0.994. The predicted octanol–water partition coefficient (Wildman–Crippen LogP) is -3.02. The van der Waals surface area contributed by atoms with Gasteiger partial charge in [-0.25, -0.2) is 19.2 Å². The Bertz CT molecular complexity index is 1830. The highest BCUT2D eigenvalue weighted by Crippen LogP contribution is 2.49. The lowest BCUT2D eigenvalue weighted by Gasteiger charge is -2.43. The molecule has 1 aromatic rings. The molecule has 1 aromatic carbocycles. The number of rotatable bonds is 14. The summed E-state index contributed by atoms with van der Waals surface area (Å²) in [5.74, 6) is -10.9. The Kier molecular flexibility index (Phi) is 14.3. The number of carboxylic acid groups (broad SMARTS) is 2. The van der Waals surface area contributed by atoms with Crippen LogP contribution in [-0.4, -0.2) is 186 Å². The minimum atomic E-state index is -1.80. The molecule has 0 unspecified atom stereocenters. The summed E-state index contributed by atoms with van der Waals surface area (Å²) in [6, 6.07) is 1.53. The molecule has 0 spiro atoms. The van der Waals surface area contributed by atoms with E-state index in [0.717, 1.165) is 24.7 Å². The van der Waals surface area contributed by atoms with Crippen molar-refractivity contribution in [3.8, 4) is 11.5 Å². The molecule has 18 atom stereocenters. The molecule has 7 rings (SSSR count). The van der Waals surface area contributed by atoms with Crippen molar-refractivity contribution in [1.82, 2.24) is 0 Å². The number of carboxylic acids is 2. The van der Waals surface area contributed by atoms with Gasteiger partial charge in [-0.2, -0.15) is 0 Å². The van der Waals surface area contributed by atoms with E-state index >= 15 is 0 Å². The summed E-state index contributed by atoms with van der Waals surface area (Å²) in [5.41, 5.74) is -1.35. The Morgan fingerprint density at radius 2 is 0.922 bits per heavy atom. The third-order valence-electron chi connectivity index (χ3n) is 12.9. The van der Waals surface area contributed by atoms with Crippen molar-refractivity contribution in [1.29, 1.82) is 0 Å². The second-order valence-electron chi connectivity index (χ2n) is 16.6. The first-order valence-electron chi connectivity index (χ1n) is 20.4. The van der Waals surface area contributed by atoms with Crippen LogP contribution in [-0.2, 0) is 47.5 Å². The van der Waals surface area contributed by atoms with Crippen LogP contribution in [0.5, 0.6) is 11.5 Å². The van der Waals surface area contributed by atoms with E-state index in [4.69, 9.17) is 37.9 Å². The van der Waals surface area contributed by atoms with E-state index in [1.165, 1.54) is 0 Å². The van der Waals surface area contributed by atoms with Crippen LogP contribution in [0.15, 0.2) is 35.8 Å². The largest absolute Gasteiger partial charge is 0.507 e. The molecule has 0 bridgehead atoms. The number of aliphatic carboxylic acids is 2. The Hall–Kier alpha value is -4.70. The SMILES string of the molecule is O=C(O)C1=CO[C@H](O[C@@H]2O[C@H](CO)[C@@H](O)[C@H](O)[C@H]2O)[C@H]2[C@H](COC(=O)c3cc(O)c(C(=O)OC[C@@H]4CC[C@H]5C(C(=O)O)=CO[C@H](O[C@@H]6O[C@H](CO)[C@@H](O)[C@H](O)[C@H]6O)[C@@H]45)cc3O)CC[C@@H]12. The molecule has 6 aliphatic rings. The zero-order chi connectivity index (χ0) is 46.3. The molecule has 2 saturated carbocycles. The van der Waals surface area contributed by atoms with Gasteiger partial charge in [0.25, 0.3) is 0 Å². The average molecular weight is 915 g/mol. The van der Waals surface area contributed by atoms with Crippen molar-refractivity contribution in [2.24, 2.45) is 35.5 Å². The highest BCUT2D eigenvalue weighted by Gasteiger charge is 2.54. The minimum Gasteiger partial charge on any atom is -0.507 e. The van der Waals surface area contributed by atoms with Gasteiger partial charge < -0.3 is 99.2 Å². The maximum atomic E-state index is 13.3. The van der Waals surface area contributed by atoms with Crippen LogP contribution in [0, 0.1) is 35.5 Å². The Morgan fingerprint density at radius 1 is 0.547 bits per heavy atom. The van der Waals surface area contributed by atoms with Gasteiger partial charge in [-0.3, -0.25) is 0 Å². The number of carbonyl (C=O) groups is 4. The zero-order valence-electron chi connectivity index (χ0n) is 33.6. The summed E-state index contributed by atoms with van der Waals surface area (Å²) >= 11 is 0. The molecule has 24 heteroatoms. The number of hydrogen-bond acceptors (Lipinski definition) is 22. The summed E-state index contributed by atoms with van der Waals surface area (Å²) in [7, 11) is 0. The van der Waals surface area contributed by atoms with Gasteiger partial charge in [0.15, 0.2) is 12.6 Å². The summed E-state index contributed by atoms with van der Waals surface area (Å²) in [4.78, 5) is 50.7. The van der Waals surface area contributed by atoms with Crippen LogP contribution in [0.4, 0.5) is 0 Å². The predicted molar refractivity (Wildman–Crippen MR) is 201 cm³/mol. The molecule has 4 fully saturated rings. The molecular formula is C40H50O24. The number of aliphatic hydroxyl groups is 8. The molecule has 64 heavy (non-hydrogen) atoms. The summed E-state index contributed by atoms with van der Waals surface area (Å²) in [6.45, 7) is -2.28. The monoisotopic (exact) mass is 914 g/mol. The van der Waals surface area contributed by atoms with E-state index in [0.29, 0.717) is 0 Å². The summed E-state index contributed by atoms with van der Waals surface area (Å²) in [5, 5.41) is 122. The highest BCUT2D eigenvalue weighted by molar-refractivity contribution is 5.98. The molecule has 354 valence electrons. The lowest BCUT2D eigenvalue weighted by molar-refractivity contribution is -0.343. The fraction of sp³-hybridized carbons (Fsp3) is 0.650. The van der Waals surface area contributed by atoms with Gasteiger partial charge in [0, 0.05) is 35.5 Å². The van der Waals surface area contributed by atoms with Crippen LogP contribution < -0.4 is 0 Å². The quantitative estimate of drug-likeness (QED) is 0.0653. The lowest BCUT2D eigenvalue weighted by Crippen LogP contribution is -2.60. The van der Waals surface area contributed by atoms with E-state index in [9.17, 15) is 80.5 Å². The molecule has 0 aromatic heterocycles. The van der Waals surface area contributed by atoms with Gasteiger partial charge in [0.2, 0.25) is 12.6 Å². The van der Waals surface area contributed by atoms with Crippen molar-refractivity contribution < 1.29 is 118 Å². The first-order chi connectivity index (χ1) is 30.4. The summed E-state index contributed by atoms with van der Waals surface area (Å²) < 4.78 is 44.7. The molecule has 2 saturated heterocycles. The second kappa shape index (κ2) is 19.4. The van der Waals surface area contributed by atoms with Gasteiger partial charge in [-0.1, -0.05) is 0 Å². The normalized spacial score (nSPS) is 39.2. The van der Waals surface area contributed by atoms with E-state index in [-0.39, 0.29) is 36.8 Å². The van der Waals surface area contributed by atoms with E-state index in [1.54, 1.807) is 0 Å². The minimum absolute atomic E-state index is 0.111. The molecule has 12 N–H and O–H groups in total. The van der Waals surface area contributed by atoms with Crippen LogP contribution in [0.25, 0.3) is 0 Å². The number of benzene rings is 1. The lowest BCUT2D eigenvalue weighted by atomic mass is 9.83. The number of ether oxygens (including phenoxy) is 8.